The molecule has 0 aliphatic carbocycles. The van der Waals surface area contributed by atoms with Crippen molar-refractivity contribution >= 4 is 24.0 Å². The minimum atomic E-state index is 0. The molecule has 0 saturated carbocycles. The Morgan fingerprint density at radius 3 is 2.81 bits per heavy atom. The number of halogens is 2. The largest absolute Gasteiger partial charge is 0.326 e. The lowest BCUT2D eigenvalue weighted by Crippen LogP contribution is -2.26. The molecule has 0 aromatic heterocycles. The lowest BCUT2D eigenvalue weighted by Gasteiger charge is -2.15. The van der Waals surface area contributed by atoms with E-state index in [1.165, 1.54) is 5.56 Å². The zero-order valence-electron chi connectivity index (χ0n) is 9.45. The van der Waals surface area contributed by atoms with Crippen molar-refractivity contribution in [3.05, 3.63) is 34.3 Å². The first kappa shape index (κ1) is 13.8. The third-order valence-corrected chi connectivity index (χ3v) is 3.36. The average Bonchev–Trinajstić information content (AvgIpc) is 2.58. The normalized spacial score (nSPS) is 20.8. The Hall–Kier alpha value is -0.280. The van der Waals surface area contributed by atoms with E-state index < -0.39 is 0 Å². The fourth-order valence-electron chi connectivity index (χ4n) is 2.00. The van der Waals surface area contributed by atoms with E-state index in [-0.39, 0.29) is 12.4 Å². The molecule has 1 heterocycles. The number of aryl methyl sites for hydroxylation is 1. The van der Waals surface area contributed by atoms with Crippen LogP contribution in [0.25, 0.3) is 0 Å². The van der Waals surface area contributed by atoms with E-state index in [9.17, 15) is 0 Å². The summed E-state index contributed by atoms with van der Waals surface area (Å²) in [5.74, 6) is 0. The van der Waals surface area contributed by atoms with Crippen molar-refractivity contribution in [2.75, 3.05) is 13.1 Å². The van der Waals surface area contributed by atoms with Crippen molar-refractivity contribution in [2.45, 2.75) is 25.9 Å². The van der Waals surface area contributed by atoms with Crippen molar-refractivity contribution in [3.8, 4) is 0 Å². The van der Waals surface area contributed by atoms with Gasteiger partial charge in [0, 0.05) is 30.7 Å². The third kappa shape index (κ3) is 3.36. The van der Waals surface area contributed by atoms with Crippen LogP contribution in [0.15, 0.2) is 18.2 Å². The molecule has 1 aliphatic rings. The highest BCUT2D eigenvalue weighted by Gasteiger charge is 2.18. The molecule has 0 amide bonds. The molecule has 1 aliphatic heterocycles. The summed E-state index contributed by atoms with van der Waals surface area (Å²) in [6.45, 7) is 5.10. The molecule has 16 heavy (non-hydrogen) atoms. The summed E-state index contributed by atoms with van der Waals surface area (Å²) in [6, 6.07) is 6.63. The molecule has 1 aromatic carbocycles. The van der Waals surface area contributed by atoms with E-state index in [4.69, 9.17) is 17.3 Å². The number of hydrogen-bond donors (Lipinski definition) is 1. The lowest BCUT2D eigenvalue weighted by molar-refractivity contribution is 0.327. The predicted molar refractivity (Wildman–Crippen MR) is 71.3 cm³/mol. The Bertz CT molecular complexity index is 355. The second-order valence-electron chi connectivity index (χ2n) is 4.37. The minimum absolute atomic E-state index is 0. The van der Waals surface area contributed by atoms with Gasteiger partial charge in [-0.15, -0.1) is 12.4 Å². The number of benzene rings is 1. The summed E-state index contributed by atoms with van der Waals surface area (Å²) >= 11 is 6.08. The predicted octanol–water partition coefficient (Wildman–Crippen LogP) is 2.60. The number of nitrogens with two attached hydrogens (primary N) is 1. The summed E-state index contributed by atoms with van der Waals surface area (Å²) in [6.07, 6.45) is 1.11. The van der Waals surface area contributed by atoms with Crippen molar-refractivity contribution < 1.29 is 0 Å². The molecule has 4 heteroatoms. The number of hydrogen-bond acceptors (Lipinski definition) is 2. The van der Waals surface area contributed by atoms with Crippen molar-refractivity contribution in [3.63, 3.8) is 0 Å². The van der Waals surface area contributed by atoms with Crippen LogP contribution in [0.4, 0.5) is 0 Å². The molecular weight excluding hydrogens is 243 g/mol. The van der Waals surface area contributed by atoms with Crippen LogP contribution in [0.3, 0.4) is 0 Å². The zero-order valence-corrected chi connectivity index (χ0v) is 11.0. The van der Waals surface area contributed by atoms with Gasteiger partial charge in [0.05, 0.1) is 0 Å². The molecule has 1 saturated heterocycles. The molecular formula is C12H18Cl2N2. The quantitative estimate of drug-likeness (QED) is 0.886. The van der Waals surface area contributed by atoms with Gasteiger partial charge in [0.15, 0.2) is 0 Å². The number of nitrogens with zero attached hydrogens (tertiary/aromatic N) is 1. The molecule has 2 nitrogen and oxygen atoms in total. The Labute approximate surface area is 108 Å². The summed E-state index contributed by atoms with van der Waals surface area (Å²) in [7, 11) is 0. The fraction of sp³-hybridized carbons (Fsp3) is 0.500. The molecule has 1 fully saturated rings. The first-order chi connectivity index (χ1) is 7.15. The molecule has 90 valence electrons. The van der Waals surface area contributed by atoms with Crippen molar-refractivity contribution in [1.82, 2.24) is 4.90 Å². The van der Waals surface area contributed by atoms with E-state index in [0.717, 1.165) is 36.6 Å². The van der Waals surface area contributed by atoms with Crippen molar-refractivity contribution in [2.24, 2.45) is 5.73 Å². The van der Waals surface area contributed by atoms with Gasteiger partial charge in [-0.2, -0.15) is 0 Å². The highest BCUT2D eigenvalue weighted by atomic mass is 35.5. The highest BCUT2D eigenvalue weighted by molar-refractivity contribution is 6.31. The van der Waals surface area contributed by atoms with E-state index in [1.54, 1.807) is 0 Å². The monoisotopic (exact) mass is 260 g/mol. The Morgan fingerprint density at radius 2 is 2.25 bits per heavy atom. The zero-order chi connectivity index (χ0) is 10.8. The average molecular weight is 261 g/mol. The summed E-state index contributed by atoms with van der Waals surface area (Å²) in [5, 5.41) is 0.857. The van der Waals surface area contributed by atoms with Crippen LogP contribution >= 0.6 is 24.0 Å². The molecule has 2 rings (SSSR count). The van der Waals surface area contributed by atoms with Gasteiger partial charge in [-0.05, 0) is 30.5 Å². The lowest BCUT2D eigenvalue weighted by atomic mass is 10.1. The molecule has 2 N–H and O–H groups in total. The second kappa shape index (κ2) is 5.87. The summed E-state index contributed by atoms with van der Waals surface area (Å²) in [5.41, 5.74) is 8.28. The maximum Gasteiger partial charge on any atom is 0.0438 e. The fourth-order valence-corrected chi connectivity index (χ4v) is 2.20. The molecule has 1 aromatic rings. The Balaban J connectivity index is 0.00000128. The minimum Gasteiger partial charge on any atom is -0.326 e. The van der Waals surface area contributed by atoms with Crippen LogP contribution in [-0.2, 0) is 6.54 Å². The van der Waals surface area contributed by atoms with Crippen LogP contribution in [0, 0.1) is 6.92 Å². The van der Waals surface area contributed by atoms with Crippen LogP contribution in [0.5, 0.6) is 0 Å². The Kier molecular flexibility index (Phi) is 5.06. The van der Waals surface area contributed by atoms with Gasteiger partial charge in [0.2, 0.25) is 0 Å². The van der Waals surface area contributed by atoms with Gasteiger partial charge < -0.3 is 5.73 Å². The summed E-state index contributed by atoms with van der Waals surface area (Å²) < 4.78 is 0. The van der Waals surface area contributed by atoms with Crippen LogP contribution in [-0.4, -0.2) is 24.0 Å². The van der Waals surface area contributed by atoms with E-state index in [0.29, 0.717) is 6.04 Å². The van der Waals surface area contributed by atoms with Crippen LogP contribution in [0.2, 0.25) is 5.02 Å². The maximum atomic E-state index is 6.08. The molecule has 0 bridgehead atoms. The smallest absolute Gasteiger partial charge is 0.0438 e. The molecule has 1 atom stereocenters. The molecule has 0 spiro atoms. The van der Waals surface area contributed by atoms with Gasteiger partial charge in [0.1, 0.15) is 0 Å². The highest BCUT2D eigenvalue weighted by Crippen LogP contribution is 2.19. The van der Waals surface area contributed by atoms with E-state index >= 15 is 0 Å². The molecule has 1 unspecified atom stereocenters. The first-order valence-electron chi connectivity index (χ1n) is 5.38. The van der Waals surface area contributed by atoms with Gasteiger partial charge in [0.25, 0.3) is 0 Å². The summed E-state index contributed by atoms with van der Waals surface area (Å²) in [4.78, 5) is 2.38. The van der Waals surface area contributed by atoms with Crippen LogP contribution < -0.4 is 5.73 Å². The first-order valence-corrected chi connectivity index (χ1v) is 5.76. The topological polar surface area (TPSA) is 29.3 Å². The standard InChI is InChI=1S/C12H17ClN2.ClH/c1-9-2-3-10(6-12(9)13)7-15-5-4-11(14)8-15;/h2-3,6,11H,4-5,7-8,14H2,1H3;1H. The number of likely N-dealkylation sites (tertiary alicyclic amines) is 1. The third-order valence-electron chi connectivity index (χ3n) is 2.95. The van der Waals surface area contributed by atoms with Crippen LogP contribution in [0.1, 0.15) is 17.5 Å². The SMILES string of the molecule is Cc1ccc(CN2CCC(N)C2)cc1Cl.Cl. The van der Waals surface area contributed by atoms with Crippen molar-refractivity contribution in [1.29, 1.82) is 0 Å². The maximum absolute atomic E-state index is 6.08. The number of rotatable bonds is 2. The van der Waals surface area contributed by atoms with Gasteiger partial charge in [-0.25, -0.2) is 0 Å². The second-order valence-corrected chi connectivity index (χ2v) is 4.77. The van der Waals surface area contributed by atoms with E-state index in [2.05, 4.69) is 23.1 Å². The van der Waals surface area contributed by atoms with Gasteiger partial charge in [-0.1, -0.05) is 23.7 Å². The Morgan fingerprint density at radius 1 is 1.50 bits per heavy atom. The van der Waals surface area contributed by atoms with Gasteiger partial charge in [-0.3, -0.25) is 4.90 Å². The van der Waals surface area contributed by atoms with E-state index in [1.807, 2.05) is 6.92 Å². The van der Waals surface area contributed by atoms with Gasteiger partial charge >= 0.3 is 0 Å². The molecule has 0 radical (unpaired) electrons.